The topological polar surface area (TPSA) is 69.7 Å². The van der Waals surface area contributed by atoms with Gasteiger partial charge < -0.3 is 10.2 Å². The average molecular weight is 528 g/mol. The zero-order valence-electron chi connectivity index (χ0n) is 19.0. The zero-order chi connectivity index (χ0) is 23.9. The van der Waals surface area contributed by atoms with E-state index in [9.17, 15) is 14.4 Å². The van der Waals surface area contributed by atoms with Crippen LogP contribution < -0.4 is 10.2 Å². The highest BCUT2D eigenvalue weighted by atomic mass is 79.9. The Morgan fingerprint density at radius 2 is 1.91 bits per heavy atom. The number of benzene rings is 2. The molecular weight excluding hydrogens is 502 g/mol. The van der Waals surface area contributed by atoms with Gasteiger partial charge in [-0.05, 0) is 91.5 Å². The van der Waals surface area contributed by atoms with Crippen molar-refractivity contribution in [3.8, 4) is 0 Å². The number of imide groups is 1. The van der Waals surface area contributed by atoms with Gasteiger partial charge in [-0.25, -0.2) is 0 Å². The Bertz CT molecular complexity index is 1160. The van der Waals surface area contributed by atoms with Crippen molar-refractivity contribution in [3.63, 3.8) is 0 Å². The summed E-state index contributed by atoms with van der Waals surface area (Å²) in [5.74, 6) is -0.481. The first-order valence-corrected chi connectivity index (χ1v) is 12.3. The van der Waals surface area contributed by atoms with Gasteiger partial charge in [0.15, 0.2) is 0 Å². The molecule has 0 radical (unpaired) electrons. The molecule has 1 N–H and O–H groups in total. The van der Waals surface area contributed by atoms with Gasteiger partial charge in [-0.2, -0.15) is 0 Å². The predicted octanol–water partition coefficient (Wildman–Crippen LogP) is 5.85. The molecule has 1 atom stereocenters. The van der Waals surface area contributed by atoms with Crippen molar-refractivity contribution in [1.82, 2.24) is 4.90 Å². The second kappa shape index (κ2) is 8.99. The number of amides is 3. The third-order valence-corrected chi connectivity index (χ3v) is 7.69. The molecule has 2 aromatic carbocycles. The minimum absolute atomic E-state index is 0.0768. The number of thioether (sulfide) groups is 1. The van der Waals surface area contributed by atoms with E-state index >= 15 is 0 Å². The molecule has 4 rings (SSSR count). The van der Waals surface area contributed by atoms with E-state index in [-0.39, 0.29) is 12.1 Å². The Balaban J connectivity index is 1.49. The van der Waals surface area contributed by atoms with E-state index in [0.29, 0.717) is 16.5 Å². The van der Waals surface area contributed by atoms with Gasteiger partial charge in [0.2, 0.25) is 5.91 Å². The van der Waals surface area contributed by atoms with Crippen LogP contribution in [0.1, 0.15) is 44.2 Å². The van der Waals surface area contributed by atoms with Crippen LogP contribution in [0.3, 0.4) is 0 Å². The number of anilines is 2. The zero-order valence-corrected chi connectivity index (χ0v) is 21.4. The van der Waals surface area contributed by atoms with E-state index in [0.717, 1.165) is 33.1 Å². The van der Waals surface area contributed by atoms with Crippen molar-refractivity contribution < 1.29 is 14.4 Å². The fourth-order valence-corrected chi connectivity index (χ4v) is 5.45. The molecule has 0 aliphatic carbocycles. The molecule has 6 nitrogen and oxygen atoms in total. The Morgan fingerprint density at radius 3 is 2.61 bits per heavy atom. The lowest BCUT2D eigenvalue weighted by atomic mass is 9.80. The summed E-state index contributed by atoms with van der Waals surface area (Å²) in [7, 11) is 2.11. The SMILES string of the molecule is C[C@H]1CC(C)(C)N(C)c2ccc(/C=C3\SC(=O)N(CC(=O)Nc4ccc(Br)cc4)C3=O)cc21. The maximum Gasteiger partial charge on any atom is 0.294 e. The molecule has 0 bridgehead atoms. The second-order valence-electron chi connectivity index (χ2n) is 9.12. The quantitative estimate of drug-likeness (QED) is 0.505. The molecule has 1 fully saturated rings. The molecule has 0 saturated carbocycles. The molecule has 2 aliphatic heterocycles. The van der Waals surface area contributed by atoms with Crippen molar-refractivity contribution in [2.45, 2.75) is 38.6 Å². The van der Waals surface area contributed by atoms with Crippen LogP contribution >= 0.6 is 27.7 Å². The van der Waals surface area contributed by atoms with E-state index in [4.69, 9.17) is 0 Å². The maximum absolute atomic E-state index is 12.9. The third-order valence-electron chi connectivity index (χ3n) is 6.26. The molecular formula is C25H26BrN3O3S. The summed E-state index contributed by atoms with van der Waals surface area (Å²) in [6, 6.07) is 13.2. The third kappa shape index (κ3) is 4.87. The minimum atomic E-state index is -0.444. The Hall–Kier alpha value is -2.58. The van der Waals surface area contributed by atoms with Crippen LogP contribution in [0.5, 0.6) is 0 Å². The number of nitrogens with zero attached hydrogens (tertiary/aromatic N) is 2. The van der Waals surface area contributed by atoms with Crippen molar-refractivity contribution in [2.75, 3.05) is 23.8 Å². The first-order valence-electron chi connectivity index (χ1n) is 10.7. The largest absolute Gasteiger partial charge is 0.369 e. The number of hydrogen-bond acceptors (Lipinski definition) is 5. The lowest BCUT2D eigenvalue weighted by Crippen LogP contribution is -2.45. The summed E-state index contributed by atoms with van der Waals surface area (Å²) in [4.78, 5) is 41.3. The van der Waals surface area contributed by atoms with Gasteiger partial charge in [0.25, 0.3) is 11.1 Å². The van der Waals surface area contributed by atoms with E-state index in [1.54, 1.807) is 30.3 Å². The van der Waals surface area contributed by atoms with Crippen LogP contribution in [0.4, 0.5) is 16.2 Å². The molecule has 2 heterocycles. The first kappa shape index (κ1) is 23.6. The van der Waals surface area contributed by atoms with Crippen LogP contribution in [-0.4, -0.2) is 41.1 Å². The van der Waals surface area contributed by atoms with Gasteiger partial charge in [-0.1, -0.05) is 28.9 Å². The molecule has 33 heavy (non-hydrogen) atoms. The number of fused-ring (bicyclic) bond motifs is 1. The van der Waals surface area contributed by atoms with Gasteiger partial charge in [0.05, 0.1) is 4.91 Å². The van der Waals surface area contributed by atoms with Gasteiger partial charge in [-0.3, -0.25) is 19.3 Å². The maximum atomic E-state index is 12.9. The summed E-state index contributed by atoms with van der Waals surface area (Å²) < 4.78 is 0.892. The molecule has 2 aliphatic rings. The lowest BCUT2D eigenvalue weighted by Gasteiger charge is -2.45. The van der Waals surface area contributed by atoms with Crippen LogP contribution in [0.15, 0.2) is 51.8 Å². The number of carbonyl (C=O) groups is 3. The number of halogens is 1. The summed E-state index contributed by atoms with van der Waals surface area (Å²) in [5.41, 5.74) is 3.97. The standard InChI is InChI=1S/C25H26BrN3O3S/c1-15-13-25(2,3)28(4)20-10-5-16(11-19(15)20)12-21-23(31)29(24(32)33-21)14-22(30)27-18-8-6-17(26)7-9-18/h5-12,15H,13-14H2,1-4H3,(H,27,30)/b21-12-/t15-/m0/s1. The molecule has 0 aromatic heterocycles. The molecule has 2 aromatic rings. The smallest absolute Gasteiger partial charge is 0.294 e. The average Bonchev–Trinajstić information content (AvgIpc) is 3.01. The molecule has 0 unspecified atom stereocenters. The van der Waals surface area contributed by atoms with Crippen LogP contribution in [0.2, 0.25) is 0 Å². The van der Waals surface area contributed by atoms with E-state index in [1.165, 1.54) is 11.3 Å². The van der Waals surface area contributed by atoms with Gasteiger partial charge in [0.1, 0.15) is 6.54 Å². The highest BCUT2D eigenvalue weighted by Gasteiger charge is 2.37. The molecule has 1 saturated heterocycles. The molecule has 172 valence electrons. The second-order valence-corrected chi connectivity index (χ2v) is 11.0. The first-order chi connectivity index (χ1) is 15.5. The van der Waals surface area contributed by atoms with Crippen molar-refractivity contribution in [2.24, 2.45) is 0 Å². The van der Waals surface area contributed by atoms with Crippen LogP contribution in [0.25, 0.3) is 6.08 Å². The van der Waals surface area contributed by atoms with E-state index in [2.05, 4.69) is 66.1 Å². The van der Waals surface area contributed by atoms with Gasteiger partial charge >= 0.3 is 0 Å². The van der Waals surface area contributed by atoms with Gasteiger partial charge in [-0.15, -0.1) is 0 Å². The molecule has 3 amide bonds. The van der Waals surface area contributed by atoms with Gasteiger partial charge in [0, 0.05) is 28.4 Å². The van der Waals surface area contributed by atoms with Crippen LogP contribution in [0, 0.1) is 0 Å². The monoisotopic (exact) mass is 527 g/mol. The van der Waals surface area contributed by atoms with Crippen molar-refractivity contribution in [3.05, 3.63) is 63.0 Å². The fourth-order valence-electron chi connectivity index (χ4n) is 4.35. The van der Waals surface area contributed by atoms with Crippen molar-refractivity contribution in [1.29, 1.82) is 0 Å². The molecule has 8 heteroatoms. The lowest BCUT2D eigenvalue weighted by molar-refractivity contribution is -0.127. The predicted molar refractivity (Wildman–Crippen MR) is 137 cm³/mol. The Labute approximate surface area is 206 Å². The number of carbonyl (C=O) groups excluding carboxylic acids is 3. The minimum Gasteiger partial charge on any atom is -0.369 e. The summed E-state index contributed by atoms with van der Waals surface area (Å²) >= 11 is 4.21. The molecule has 0 spiro atoms. The Morgan fingerprint density at radius 1 is 1.21 bits per heavy atom. The highest BCUT2D eigenvalue weighted by molar-refractivity contribution is 9.10. The van der Waals surface area contributed by atoms with E-state index in [1.807, 2.05) is 6.07 Å². The normalized spacial score (nSPS) is 20.9. The summed E-state index contributed by atoms with van der Waals surface area (Å²) in [5, 5.41) is 2.27. The summed E-state index contributed by atoms with van der Waals surface area (Å²) in [6.45, 7) is 6.38. The highest BCUT2D eigenvalue weighted by Crippen LogP contribution is 2.43. The summed E-state index contributed by atoms with van der Waals surface area (Å²) in [6.07, 6.45) is 2.77. The number of hydrogen-bond donors (Lipinski definition) is 1. The number of nitrogens with one attached hydrogen (secondary N) is 1. The number of rotatable bonds is 4. The van der Waals surface area contributed by atoms with E-state index < -0.39 is 17.1 Å². The van der Waals surface area contributed by atoms with Crippen LogP contribution in [-0.2, 0) is 9.59 Å². The Kier molecular flexibility index (Phi) is 6.42. The van der Waals surface area contributed by atoms with Crippen molar-refractivity contribution >= 4 is 62.2 Å². The fraction of sp³-hybridized carbons (Fsp3) is 0.320.